The molecule has 2 aliphatic rings. The van der Waals surface area contributed by atoms with Gasteiger partial charge in [-0.25, -0.2) is 0 Å². The third-order valence-corrected chi connectivity index (χ3v) is 5.96. The van der Waals surface area contributed by atoms with E-state index in [1.165, 1.54) is 12.8 Å². The van der Waals surface area contributed by atoms with Crippen molar-refractivity contribution in [1.82, 2.24) is 16.0 Å². The molecule has 4 atom stereocenters. The average Bonchev–Trinajstić information content (AvgIpc) is 2.97. The highest BCUT2D eigenvalue weighted by molar-refractivity contribution is 6.30. The topological polar surface area (TPSA) is 70.2 Å². The van der Waals surface area contributed by atoms with Gasteiger partial charge in [-0.2, -0.15) is 0 Å². The standard InChI is InChI=1S/C20H28ClN3O2.ClH/c1-3-12(2)18(24-19(25)13-4-6-14(21)7-5-13)20(26)23-17-10-15-8-9-16(11-17)22-15;/h4-7,12,15-18,22H,3,8-11H2,1-2H3,(H,23,26)(H,24,25);1H. The minimum absolute atomic E-state index is 0. The van der Waals surface area contributed by atoms with E-state index in [9.17, 15) is 9.59 Å². The fourth-order valence-corrected chi connectivity index (χ4v) is 4.12. The van der Waals surface area contributed by atoms with Crippen LogP contribution < -0.4 is 16.0 Å². The second-order valence-corrected chi connectivity index (χ2v) is 8.09. The average molecular weight is 414 g/mol. The highest BCUT2D eigenvalue weighted by atomic mass is 35.5. The predicted molar refractivity (Wildman–Crippen MR) is 111 cm³/mol. The summed E-state index contributed by atoms with van der Waals surface area (Å²) in [4.78, 5) is 25.5. The molecule has 0 radical (unpaired) electrons. The summed E-state index contributed by atoms with van der Waals surface area (Å²) in [6, 6.07) is 7.41. The van der Waals surface area contributed by atoms with Crippen LogP contribution in [0.3, 0.4) is 0 Å². The maximum Gasteiger partial charge on any atom is 0.251 e. The van der Waals surface area contributed by atoms with Crippen LogP contribution in [-0.2, 0) is 4.79 Å². The molecule has 0 saturated carbocycles. The van der Waals surface area contributed by atoms with Crippen LogP contribution in [-0.4, -0.2) is 36.0 Å². The predicted octanol–water partition coefficient (Wildman–Crippen LogP) is 3.31. The number of halogens is 2. The van der Waals surface area contributed by atoms with Gasteiger partial charge in [0.05, 0.1) is 0 Å². The van der Waals surface area contributed by atoms with E-state index in [1.807, 2.05) is 13.8 Å². The Kier molecular flexibility index (Phi) is 7.95. The molecular formula is C20H29Cl2N3O2. The molecule has 0 aliphatic carbocycles. The van der Waals surface area contributed by atoms with Crippen molar-refractivity contribution in [2.24, 2.45) is 5.92 Å². The molecule has 0 spiro atoms. The van der Waals surface area contributed by atoms with Crippen molar-refractivity contribution in [2.75, 3.05) is 0 Å². The van der Waals surface area contributed by atoms with Gasteiger partial charge in [-0.15, -0.1) is 12.4 Å². The van der Waals surface area contributed by atoms with Gasteiger partial charge in [0, 0.05) is 28.7 Å². The number of piperidine rings is 1. The molecule has 2 bridgehead atoms. The molecule has 1 aromatic rings. The number of hydrogen-bond donors (Lipinski definition) is 3. The van der Waals surface area contributed by atoms with Crippen LogP contribution in [0.1, 0.15) is 56.3 Å². The van der Waals surface area contributed by atoms with Gasteiger partial charge in [0.2, 0.25) is 5.91 Å². The Morgan fingerprint density at radius 3 is 2.33 bits per heavy atom. The fourth-order valence-electron chi connectivity index (χ4n) is 3.99. The SMILES string of the molecule is CCC(C)C(NC(=O)c1ccc(Cl)cc1)C(=O)NC1CC2CCC(C1)N2.Cl. The maximum atomic E-state index is 12.9. The second-order valence-electron chi connectivity index (χ2n) is 7.66. The third-order valence-electron chi connectivity index (χ3n) is 5.71. The van der Waals surface area contributed by atoms with Crippen molar-refractivity contribution < 1.29 is 9.59 Å². The Morgan fingerprint density at radius 1 is 1.19 bits per heavy atom. The molecule has 2 fully saturated rings. The lowest BCUT2D eigenvalue weighted by Gasteiger charge is -2.32. The normalized spacial score (nSPS) is 25.8. The third kappa shape index (κ3) is 5.59. The number of amides is 2. The van der Waals surface area contributed by atoms with Crippen molar-refractivity contribution in [3.8, 4) is 0 Å². The number of carbonyl (C=O) groups excluding carboxylic acids is 2. The first-order valence-electron chi connectivity index (χ1n) is 9.59. The lowest BCUT2D eigenvalue weighted by molar-refractivity contribution is -0.125. The molecule has 150 valence electrons. The van der Waals surface area contributed by atoms with Gasteiger partial charge in [0.25, 0.3) is 5.91 Å². The molecule has 0 aromatic heterocycles. The first kappa shape index (κ1) is 22.0. The number of rotatable bonds is 6. The van der Waals surface area contributed by atoms with E-state index in [0.717, 1.165) is 19.3 Å². The molecule has 3 N–H and O–H groups in total. The summed E-state index contributed by atoms with van der Waals surface area (Å²) in [5, 5.41) is 10.3. The summed E-state index contributed by atoms with van der Waals surface area (Å²) < 4.78 is 0. The lowest BCUT2D eigenvalue weighted by atomic mass is 9.95. The van der Waals surface area contributed by atoms with Crippen molar-refractivity contribution in [3.63, 3.8) is 0 Å². The summed E-state index contributed by atoms with van der Waals surface area (Å²) in [5.74, 6) is -0.259. The number of benzene rings is 1. The Balaban J connectivity index is 0.00000261. The van der Waals surface area contributed by atoms with Crippen molar-refractivity contribution in [2.45, 2.75) is 70.1 Å². The van der Waals surface area contributed by atoms with Crippen LogP contribution in [0.2, 0.25) is 5.02 Å². The zero-order valence-electron chi connectivity index (χ0n) is 15.8. The van der Waals surface area contributed by atoms with Crippen molar-refractivity contribution >= 4 is 35.8 Å². The van der Waals surface area contributed by atoms with Crippen molar-refractivity contribution in [3.05, 3.63) is 34.9 Å². The molecule has 3 rings (SSSR count). The monoisotopic (exact) mass is 413 g/mol. The second kappa shape index (κ2) is 9.76. The van der Waals surface area contributed by atoms with Crippen LogP contribution in [0.5, 0.6) is 0 Å². The first-order chi connectivity index (χ1) is 12.5. The number of fused-ring (bicyclic) bond motifs is 2. The Labute approximate surface area is 172 Å². The molecule has 4 unspecified atom stereocenters. The highest BCUT2D eigenvalue weighted by Gasteiger charge is 2.35. The lowest BCUT2D eigenvalue weighted by Crippen LogP contribution is -2.55. The minimum atomic E-state index is -0.532. The minimum Gasteiger partial charge on any atom is -0.351 e. The summed E-state index contributed by atoms with van der Waals surface area (Å²) in [6.45, 7) is 4.03. The van der Waals surface area contributed by atoms with E-state index in [1.54, 1.807) is 24.3 Å². The molecule has 27 heavy (non-hydrogen) atoms. The summed E-state index contributed by atoms with van der Waals surface area (Å²) in [6.07, 6.45) is 5.15. The van der Waals surface area contributed by atoms with Gasteiger partial charge in [0.1, 0.15) is 6.04 Å². The van der Waals surface area contributed by atoms with E-state index in [2.05, 4.69) is 16.0 Å². The van der Waals surface area contributed by atoms with Gasteiger partial charge in [0.15, 0.2) is 0 Å². The molecule has 1 aromatic carbocycles. The van der Waals surface area contributed by atoms with E-state index >= 15 is 0 Å². The van der Waals surface area contributed by atoms with Crippen LogP contribution in [0, 0.1) is 5.92 Å². The first-order valence-corrected chi connectivity index (χ1v) is 9.97. The quantitative estimate of drug-likeness (QED) is 0.669. The van der Waals surface area contributed by atoms with E-state index in [-0.39, 0.29) is 36.2 Å². The van der Waals surface area contributed by atoms with Crippen LogP contribution in [0.4, 0.5) is 0 Å². The smallest absolute Gasteiger partial charge is 0.251 e. The Hall–Kier alpha value is -1.30. The number of carbonyl (C=O) groups is 2. The largest absolute Gasteiger partial charge is 0.351 e. The van der Waals surface area contributed by atoms with E-state index in [0.29, 0.717) is 22.7 Å². The highest BCUT2D eigenvalue weighted by Crippen LogP contribution is 2.27. The number of hydrogen-bond acceptors (Lipinski definition) is 3. The van der Waals surface area contributed by atoms with E-state index in [4.69, 9.17) is 11.6 Å². The van der Waals surface area contributed by atoms with Crippen molar-refractivity contribution in [1.29, 1.82) is 0 Å². The summed E-state index contributed by atoms with van der Waals surface area (Å²) in [5.41, 5.74) is 0.510. The van der Waals surface area contributed by atoms with Gasteiger partial charge in [-0.05, 0) is 55.9 Å². The summed E-state index contributed by atoms with van der Waals surface area (Å²) in [7, 11) is 0. The molecule has 2 aliphatic heterocycles. The molecule has 2 amide bonds. The van der Waals surface area contributed by atoms with Gasteiger partial charge >= 0.3 is 0 Å². The fraction of sp³-hybridized carbons (Fsp3) is 0.600. The Bertz CT molecular complexity index is 641. The molecule has 5 nitrogen and oxygen atoms in total. The van der Waals surface area contributed by atoms with Crippen LogP contribution in [0.15, 0.2) is 24.3 Å². The molecule has 2 heterocycles. The molecule has 2 saturated heterocycles. The molecule has 7 heteroatoms. The van der Waals surface area contributed by atoms with Crippen LogP contribution >= 0.6 is 24.0 Å². The van der Waals surface area contributed by atoms with Gasteiger partial charge < -0.3 is 16.0 Å². The Morgan fingerprint density at radius 2 is 1.78 bits per heavy atom. The van der Waals surface area contributed by atoms with Crippen LogP contribution in [0.25, 0.3) is 0 Å². The molecular weight excluding hydrogens is 385 g/mol. The number of nitrogens with one attached hydrogen (secondary N) is 3. The van der Waals surface area contributed by atoms with Gasteiger partial charge in [-0.1, -0.05) is 31.9 Å². The zero-order valence-corrected chi connectivity index (χ0v) is 17.4. The summed E-state index contributed by atoms with van der Waals surface area (Å²) >= 11 is 5.88. The zero-order chi connectivity index (χ0) is 18.7. The van der Waals surface area contributed by atoms with Gasteiger partial charge in [-0.3, -0.25) is 9.59 Å². The maximum absolute atomic E-state index is 12.9. The van der Waals surface area contributed by atoms with E-state index < -0.39 is 6.04 Å².